The highest BCUT2D eigenvalue weighted by molar-refractivity contribution is 5.58. The lowest BCUT2D eigenvalue weighted by atomic mass is 9.70. The van der Waals surface area contributed by atoms with Gasteiger partial charge in [-0.2, -0.15) is 0 Å². The average molecular weight is 402 g/mol. The van der Waals surface area contributed by atoms with Crippen LogP contribution >= 0.6 is 0 Å². The molecule has 3 aromatic rings. The molecule has 0 radical (unpaired) electrons. The number of rotatable bonds is 3. The summed E-state index contributed by atoms with van der Waals surface area (Å²) in [7, 11) is 1.63. The van der Waals surface area contributed by atoms with E-state index in [0.717, 1.165) is 28.0 Å². The summed E-state index contributed by atoms with van der Waals surface area (Å²) in [4.78, 5) is 0. The number of hydrogen-bond acceptors (Lipinski definition) is 4. The van der Waals surface area contributed by atoms with Crippen molar-refractivity contribution in [3.63, 3.8) is 0 Å². The molecular formula is C26H26O4. The van der Waals surface area contributed by atoms with Crippen LogP contribution in [0.1, 0.15) is 40.2 Å². The predicted octanol–water partition coefficient (Wildman–Crippen LogP) is 4.34. The van der Waals surface area contributed by atoms with Gasteiger partial charge in [-0.25, -0.2) is 0 Å². The van der Waals surface area contributed by atoms with E-state index < -0.39 is 17.3 Å². The van der Waals surface area contributed by atoms with Gasteiger partial charge in [0, 0.05) is 11.5 Å². The molecule has 0 unspecified atom stereocenters. The Kier molecular flexibility index (Phi) is 4.21. The molecule has 2 aliphatic rings. The van der Waals surface area contributed by atoms with E-state index in [1.54, 1.807) is 7.11 Å². The summed E-state index contributed by atoms with van der Waals surface area (Å²) in [6, 6.07) is 21.6. The van der Waals surface area contributed by atoms with Gasteiger partial charge in [0.2, 0.25) is 0 Å². The molecule has 0 saturated heterocycles. The van der Waals surface area contributed by atoms with Crippen LogP contribution in [0.3, 0.4) is 0 Å². The van der Waals surface area contributed by atoms with E-state index in [9.17, 15) is 10.2 Å². The van der Waals surface area contributed by atoms with Gasteiger partial charge >= 0.3 is 0 Å². The summed E-state index contributed by atoms with van der Waals surface area (Å²) in [6.45, 7) is 3.99. The number of methoxy groups -OCH3 is 1. The second-order valence-electron chi connectivity index (χ2n) is 8.50. The normalized spacial score (nSPS) is 29.2. The quantitative estimate of drug-likeness (QED) is 0.684. The van der Waals surface area contributed by atoms with E-state index in [2.05, 4.69) is 0 Å². The lowest BCUT2D eigenvalue weighted by Gasteiger charge is -2.41. The van der Waals surface area contributed by atoms with Gasteiger partial charge in [-0.15, -0.1) is 0 Å². The van der Waals surface area contributed by atoms with Crippen molar-refractivity contribution in [1.82, 2.24) is 0 Å². The molecule has 2 N–H and O–H groups in total. The molecule has 154 valence electrons. The van der Waals surface area contributed by atoms with E-state index in [4.69, 9.17) is 9.47 Å². The highest BCUT2D eigenvalue weighted by atomic mass is 16.5. The van der Waals surface area contributed by atoms with Gasteiger partial charge in [0.15, 0.2) is 11.2 Å². The molecule has 0 aromatic heterocycles. The fourth-order valence-corrected chi connectivity index (χ4v) is 5.62. The highest BCUT2D eigenvalue weighted by Gasteiger charge is 2.72. The molecule has 0 spiro atoms. The number of aliphatic hydroxyl groups is 2. The first kappa shape index (κ1) is 19.2. The van der Waals surface area contributed by atoms with Crippen LogP contribution in [0.15, 0.2) is 66.7 Å². The van der Waals surface area contributed by atoms with Crippen LogP contribution in [0, 0.1) is 13.8 Å². The minimum atomic E-state index is -1.56. The molecule has 0 bridgehead atoms. The summed E-state index contributed by atoms with van der Waals surface area (Å²) < 4.78 is 12.1. The highest BCUT2D eigenvalue weighted by Crippen LogP contribution is 2.67. The second-order valence-corrected chi connectivity index (χ2v) is 8.50. The van der Waals surface area contributed by atoms with E-state index in [1.807, 2.05) is 80.6 Å². The molecule has 0 amide bonds. The molecule has 3 aromatic carbocycles. The maximum atomic E-state index is 12.3. The fourth-order valence-electron chi connectivity index (χ4n) is 5.62. The van der Waals surface area contributed by atoms with Crippen LogP contribution in [-0.4, -0.2) is 23.4 Å². The zero-order valence-electron chi connectivity index (χ0n) is 17.4. The number of benzene rings is 3. The first-order valence-electron chi connectivity index (χ1n) is 10.3. The molecule has 30 heavy (non-hydrogen) atoms. The first-order valence-corrected chi connectivity index (χ1v) is 10.3. The molecule has 4 nitrogen and oxygen atoms in total. The molecule has 1 aliphatic carbocycles. The van der Waals surface area contributed by atoms with Gasteiger partial charge in [0.25, 0.3) is 0 Å². The molecule has 1 fully saturated rings. The van der Waals surface area contributed by atoms with Gasteiger partial charge in [0.05, 0.1) is 13.2 Å². The van der Waals surface area contributed by atoms with Crippen molar-refractivity contribution < 1.29 is 19.7 Å². The Morgan fingerprint density at radius 2 is 1.70 bits per heavy atom. The van der Waals surface area contributed by atoms with Gasteiger partial charge in [-0.05, 0) is 60.7 Å². The zero-order chi connectivity index (χ0) is 21.1. The van der Waals surface area contributed by atoms with Crippen molar-refractivity contribution in [2.24, 2.45) is 0 Å². The van der Waals surface area contributed by atoms with Gasteiger partial charge in [0.1, 0.15) is 11.5 Å². The summed E-state index contributed by atoms with van der Waals surface area (Å²) in [6.07, 6.45) is -0.563. The third kappa shape index (κ3) is 2.35. The van der Waals surface area contributed by atoms with E-state index in [1.165, 1.54) is 0 Å². The minimum absolute atomic E-state index is 0.223. The van der Waals surface area contributed by atoms with Gasteiger partial charge in [-0.1, -0.05) is 48.5 Å². The Bertz CT molecular complexity index is 1090. The number of hydrogen-bond donors (Lipinski definition) is 2. The zero-order valence-corrected chi connectivity index (χ0v) is 17.4. The fraction of sp³-hybridized carbons (Fsp3) is 0.308. The predicted molar refractivity (Wildman–Crippen MR) is 115 cm³/mol. The van der Waals surface area contributed by atoms with Crippen LogP contribution < -0.4 is 9.47 Å². The molecule has 1 aliphatic heterocycles. The van der Waals surface area contributed by atoms with Gasteiger partial charge in [-0.3, -0.25) is 0 Å². The Balaban J connectivity index is 1.81. The lowest BCUT2D eigenvalue weighted by Crippen LogP contribution is -2.52. The number of ether oxygens (including phenoxy) is 2. The topological polar surface area (TPSA) is 58.9 Å². The van der Waals surface area contributed by atoms with E-state index in [-0.39, 0.29) is 5.92 Å². The Labute approximate surface area is 176 Å². The Morgan fingerprint density at radius 3 is 2.37 bits per heavy atom. The average Bonchev–Trinajstić information content (AvgIpc) is 3.14. The summed E-state index contributed by atoms with van der Waals surface area (Å²) in [5.41, 5.74) is 1.83. The maximum Gasteiger partial charge on any atom is 0.176 e. The number of aliphatic hydroxyl groups excluding tert-OH is 1. The molecular weight excluding hydrogens is 376 g/mol. The van der Waals surface area contributed by atoms with Crippen LogP contribution in [-0.2, 0) is 11.2 Å². The molecule has 4 heteroatoms. The second kappa shape index (κ2) is 6.59. The number of fused-ring (bicyclic) bond motifs is 3. The van der Waals surface area contributed by atoms with Crippen molar-refractivity contribution >= 4 is 0 Å². The third-order valence-corrected chi connectivity index (χ3v) is 6.81. The number of aryl methyl sites for hydroxylation is 2. The van der Waals surface area contributed by atoms with Crippen molar-refractivity contribution in [1.29, 1.82) is 0 Å². The summed E-state index contributed by atoms with van der Waals surface area (Å²) in [5, 5.41) is 23.6. The van der Waals surface area contributed by atoms with Gasteiger partial charge < -0.3 is 19.7 Å². The van der Waals surface area contributed by atoms with Crippen molar-refractivity contribution in [3.8, 4) is 11.5 Å². The van der Waals surface area contributed by atoms with Crippen LogP contribution in [0.2, 0.25) is 0 Å². The summed E-state index contributed by atoms with van der Waals surface area (Å²) >= 11 is 0. The van der Waals surface area contributed by atoms with Crippen molar-refractivity contribution in [3.05, 3.63) is 94.5 Å². The maximum absolute atomic E-state index is 12.3. The van der Waals surface area contributed by atoms with Crippen molar-refractivity contribution in [2.45, 2.75) is 43.5 Å². The monoisotopic (exact) mass is 402 g/mol. The molecule has 1 saturated carbocycles. The molecule has 1 heterocycles. The Hall–Kier alpha value is -2.82. The van der Waals surface area contributed by atoms with E-state index in [0.29, 0.717) is 17.7 Å². The van der Waals surface area contributed by atoms with Crippen LogP contribution in [0.5, 0.6) is 11.5 Å². The smallest absolute Gasteiger partial charge is 0.176 e. The van der Waals surface area contributed by atoms with Crippen molar-refractivity contribution in [2.75, 3.05) is 7.11 Å². The van der Waals surface area contributed by atoms with Crippen LogP contribution in [0.4, 0.5) is 0 Å². The molecule has 4 atom stereocenters. The molecule has 5 rings (SSSR count). The minimum Gasteiger partial charge on any atom is -0.497 e. The first-order chi connectivity index (χ1) is 14.4. The summed E-state index contributed by atoms with van der Waals surface area (Å²) in [5.74, 6) is 1.15. The third-order valence-electron chi connectivity index (χ3n) is 6.81. The SMILES string of the molecule is COc1ccc([C@@]23Oc4cc(C)cc(C)c4[C@]2(O)[C@H](O)C[C@@H]3c2ccccc2)cc1. The lowest BCUT2D eigenvalue weighted by molar-refractivity contribution is -0.149. The van der Waals surface area contributed by atoms with E-state index >= 15 is 0 Å². The standard InChI is InChI=1S/C26H26O4/c1-16-13-17(2)24-22(14-16)30-26(19-9-11-20(29-3)12-10-19)21(15-23(27)25(24,26)28)18-7-5-4-6-8-18/h4-14,21,23,27-28H,15H2,1-3H3/t21-,23-,25-,26+/m1/s1. The van der Waals surface area contributed by atoms with Crippen LogP contribution in [0.25, 0.3) is 0 Å². The largest absolute Gasteiger partial charge is 0.497 e. The Morgan fingerprint density at radius 1 is 1.00 bits per heavy atom.